The largest absolute Gasteiger partial charge is 0.490 e. The first-order valence-corrected chi connectivity index (χ1v) is 6.77. The molecule has 0 spiro atoms. The first-order chi connectivity index (χ1) is 9.28. The van der Waals surface area contributed by atoms with Gasteiger partial charge in [-0.25, -0.2) is 9.97 Å². The lowest BCUT2D eigenvalue weighted by atomic mass is 10.3. The summed E-state index contributed by atoms with van der Waals surface area (Å²) in [5.74, 6) is 2.05. The number of nitrogens with zero attached hydrogens (tertiary/aromatic N) is 3. The summed E-state index contributed by atoms with van der Waals surface area (Å²) in [6.07, 6.45) is 3.66. The van der Waals surface area contributed by atoms with Crippen molar-refractivity contribution in [2.75, 3.05) is 43.6 Å². The van der Waals surface area contributed by atoms with E-state index in [1.165, 1.54) is 6.33 Å². The molecule has 0 fully saturated rings. The number of nitrogens with one attached hydrogen (secondary N) is 1. The minimum Gasteiger partial charge on any atom is -0.490 e. The van der Waals surface area contributed by atoms with Gasteiger partial charge in [0.2, 0.25) is 5.75 Å². The van der Waals surface area contributed by atoms with E-state index < -0.39 is 0 Å². The second-order valence-corrected chi connectivity index (χ2v) is 4.17. The molecule has 0 unspecified atom stereocenters. The molecule has 6 heteroatoms. The molecule has 0 saturated heterocycles. The summed E-state index contributed by atoms with van der Waals surface area (Å²) >= 11 is 0. The lowest BCUT2D eigenvalue weighted by molar-refractivity contribution is 0.300. The van der Waals surface area contributed by atoms with Crippen LogP contribution in [0.2, 0.25) is 0 Å². The molecular formula is C13H24N4O2. The van der Waals surface area contributed by atoms with Crippen LogP contribution in [0.5, 0.6) is 5.75 Å². The molecular weight excluding hydrogens is 244 g/mol. The van der Waals surface area contributed by atoms with Crippen molar-refractivity contribution in [2.45, 2.75) is 26.7 Å². The molecule has 1 heterocycles. The summed E-state index contributed by atoms with van der Waals surface area (Å²) in [5, 5.41) is 12.3. The highest BCUT2D eigenvalue weighted by molar-refractivity contribution is 5.64. The van der Waals surface area contributed by atoms with Gasteiger partial charge in [-0.3, -0.25) is 0 Å². The topological polar surface area (TPSA) is 70.5 Å². The number of ether oxygens (including phenoxy) is 1. The molecule has 0 aliphatic rings. The normalized spacial score (nSPS) is 10.3. The summed E-state index contributed by atoms with van der Waals surface area (Å²) in [5.41, 5.74) is 0. The first kappa shape index (κ1) is 15.5. The van der Waals surface area contributed by atoms with Gasteiger partial charge in [0, 0.05) is 19.6 Å². The Balaban J connectivity index is 3.02. The fourth-order valence-electron chi connectivity index (χ4n) is 1.86. The third kappa shape index (κ3) is 4.24. The zero-order valence-electron chi connectivity index (χ0n) is 12.0. The monoisotopic (exact) mass is 268 g/mol. The van der Waals surface area contributed by atoms with Crippen LogP contribution in [0.1, 0.15) is 26.7 Å². The van der Waals surface area contributed by atoms with Gasteiger partial charge in [0.25, 0.3) is 0 Å². The van der Waals surface area contributed by atoms with Gasteiger partial charge in [0.1, 0.15) is 6.33 Å². The summed E-state index contributed by atoms with van der Waals surface area (Å²) in [7, 11) is 1.61. The van der Waals surface area contributed by atoms with E-state index in [0.29, 0.717) is 18.1 Å². The van der Waals surface area contributed by atoms with Crippen molar-refractivity contribution >= 4 is 11.6 Å². The third-order valence-electron chi connectivity index (χ3n) is 2.78. The van der Waals surface area contributed by atoms with E-state index in [1.54, 1.807) is 7.11 Å². The van der Waals surface area contributed by atoms with Crippen molar-refractivity contribution in [3.05, 3.63) is 6.33 Å². The van der Waals surface area contributed by atoms with Crippen LogP contribution in [0.3, 0.4) is 0 Å². The maximum atomic E-state index is 9.19. The molecule has 0 radical (unpaired) electrons. The molecule has 0 saturated carbocycles. The van der Waals surface area contributed by atoms with E-state index in [1.807, 2.05) is 11.8 Å². The molecule has 0 aliphatic carbocycles. The predicted molar refractivity (Wildman–Crippen MR) is 77.0 cm³/mol. The van der Waals surface area contributed by atoms with Crippen LogP contribution in [-0.4, -0.2) is 48.4 Å². The number of methoxy groups -OCH3 is 1. The van der Waals surface area contributed by atoms with E-state index in [0.717, 1.165) is 31.7 Å². The molecule has 2 N–H and O–H groups in total. The van der Waals surface area contributed by atoms with Gasteiger partial charge in [-0.15, -0.1) is 0 Å². The van der Waals surface area contributed by atoms with Gasteiger partial charge in [-0.1, -0.05) is 13.3 Å². The lowest BCUT2D eigenvalue weighted by Gasteiger charge is -2.25. The van der Waals surface area contributed by atoms with E-state index >= 15 is 0 Å². The van der Waals surface area contributed by atoms with Crippen LogP contribution < -0.4 is 15.0 Å². The van der Waals surface area contributed by atoms with Gasteiger partial charge >= 0.3 is 0 Å². The molecule has 0 atom stereocenters. The fraction of sp³-hybridized carbons (Fsp3) is 0.692. The van der Waals surface area contributed by atoms with Crippen molar-refractivity contribution < 1.29 is 9.84 Å². The molecule has 1 rings (SSSR count). The second kappa shape index (κ2) is 8.53. The van der Waals surface area contributed by atoms with Crippen molar-refractivity contribution in [3.8, 4) is 5.75 Å². The van der Waals surface area contributed by atoms with Crippen LogP contribution in [0.4, 0.5) is 11.6 Å². The molecule has 0 aliphatic heterocycles. The van der Waals surface area contributed by atoms with E-state index in [9.17, 15) is 5.11 Å². The SMILES string of the molecule is CCCCN(CCO)c1ncnc(NCC)c1OC. The Morgan fingerprint density at radius 2 is 2.11 bits per heavy atom. The van der Waals surface area contributed by atoms with Crippen LogP contribution in [0.15, 0.2) is 6.33 Å². The molecule has 6 nitrogen and oxygen atoms in total. The van der Waals surface area contributed by atoms with Gasteiger partial charge in [-0.05, 0) is 13.3 Å². The number of unbranched alkanes of at least 4 members (excludes halogenated alkanes) is 1. The third-order valence-corrected chi connectivity index (χ3v) is 2.78. The smallest absolute Gasteiger partial charge is 0.204 e. The Kier molecular flexibility index (Phi) is 6.95. The molecule has 0 amide bonds. The fourth-order valence-corrected chi connectivity index (χ4v) is 1.86. The quantitative estimate of drug-likeness (QED) is 0.707. The van der Waals surface area contributed by atoms with Crippen molar-refractivity contribution in [3.63, 3.8) is 0 Å². The average Bonchev–Trinajstić information content (AvgIpc) is 2.43. The number of rotatable bonds is 9. The van der Waals surface area contributed by atoms with E-state index in [4.69, 9.17) is 4.74 Å². The summed E-state index contributed by atoms with van der Waals surface area (Å²) in [4.78, 5) is 10.5. The van der Waals surface area contributed by atoms with Crippen LogP contribution in [0.25, 0.3) is 0 Å². The molecule has 108 valence electrons. The summed E-state index contributed by atoms with van der Waals surface area (Å²) in [6.45, 7) is 6.38. The zero-order valence-corrected chi connectivity index (χ0v) is 12.0. The first-order valence-electron chi connectivity index (χ1n) is 6.77. The van der Waals surface area contributed by atoms with Crippen LogP contribution in [0, 0.1) is 0 Å². The maximum absolute atomic E-state index is 9.19. The van der Waals surface area contributed by atoms with Gasteiger partial charge in [-0.2, -0.15) is 0 Å². The summed E-state index contributed by atoms with van der Waals surface area (Å²) < 4.78 is 5.43. The van der Waals surface area contributed by atoms with E-state index in [-0.39, 0.29) is 6.61 Å². The minimum absolute atomic E-state index is 0.0907. The van der Waals surface area contributed by atoms with Crippen molar-refractivity contribution in [1.82, 2.24) is 9.97 Å². The molecule has 1 aromatic heterocycles. The number of hydrogen-bond donors (Lipinski definition) is 2. The van der Waals surface area contributed by atoms with Crippen molar-refractivity contribution in [2.24, 2.45) is 0 Å². The molecule has 19 heavy (non-hydrogen) atoms. The number of aliphatic hydroxyl groups is 1. The van der Waals surface area contributed by atoms with E-state index in [2.05, 4.69) is 22.2 Å². The second-order valence-electron chi connectivity index (χ2n) is 4.17. The Hall–Kier alpha value is -1.56. The predicted octanol–water partition coefficient (Wildman–Crippen LogP) is 1.52. The van der Waals surface area contributed by atoms with Crippen LogP contribution in [-0.2, 0) is 0 Å². The van der Waals surface area contributed by atoms with Gasteiger partial charge in [0.05, 0.1) is 13.7 Å². The zero-order chi connectivity index (χ0) is 14.1. The maximum Gasteiger partial charge on any atom is 0.204 e. The highest BCUT2D eigenvalue weighted by atomic mass is 16.5. The number of aromatic nitrogens is 2. The Bertz CT molecular complexity index is 374. The van der Waals surface area contributed by atoms with Crippen molar-refractivity contribution in [1.29, 1.82) is 0 Å². The average molecular weight is 268 g/mol. The Morgan fingerprint density at radius 1 is 1.32 bits per heavy atom. The number of hydrogen-bond acceptors (Lipinski definition) is 6. The highest BCUT2D eigenvalue weighted by Crippen LogP contribution is 2.31. The summed E-state index contributed by atoms with van der Waals surface area (Å²) in [6, 6.07) is 0. The standard InChI is InChI=1S/C13H24N4O2/c1-4-6-7-17(8-9-18)13-11(19-3)12(14-5-2)15-10-16-13/h10,18H,4-9H2,1-3H3,(H,14,15,16). The highest BCUT2D eigenvalue weighted by Gasteiger charge is 2.17. The Morgan fingerprint density at radius 3 is 2.68 bits per heavy atom. The Labute approximate surface area is 114 Å². The molecule has 1 aromatic rings. The molecule has 0 bridgehead atoms. The number of aliphatic hydroxyl groups excluding tert-OH is 1. The van der Waals surface area contributed by atoms with Crippen LogP contribution >= 0.6 is 0 Å². The number of anilines is 2. The minimum atomic E-state index is 0.0907. The lowest BCUT2D eigenvalue weighted by Crippen LogP contribution is -2.29. The molecule has 0 aromatic carbocycles. The van der Waals surface area contributed by atoms with Gasteiger partial charge < -0.3 is 20.1 Å². The van der Waals surface area contributed by atoms with Gasteiger partial charge in [0.15, 0.2) is 11.6 Å².